The predicted molar refractivity (Wildman–Crippen MR) is 209 cm³/mol. The summed E-state index contributed by atoms with van der Waals surface area (Å²) in [5, 5.41) is 50.7. The van der Waals surface area contributed by atoms with E-state index in [-0.39, 0.29) is 53.7 Å². The van der Waals surface area contributed by atoms with Crippen molar-refractivity contribution in [3.05, 3.63) is 11.1 Å². The van der Waals surface area contributed by atoms with Crippen LogP contribution >= 0.6 is 0 Å². The van der Waals surface area contributed by atoms with E-state index < -0.39 is 39.8 Å². The largest absolute Gasteiger partial charge is 0.396 e. The lowest BCUT2D eigenvalue weighted by Gasteiger charge is -2.66. The van der Waals surface area contributed by atoms with E-state index in [1.54, 1.807) is 0 Å². The maximum absolute atomic E-state index is 15.0. The van der Waals surface area contributed by atoms with Crippen LogP contribution in [0.5, 0.6) is 0 Å². The van der Waals surface area contributed by atoms with Crippen LogP contribution in [0.3, 0.4) is 0 Å². The lowest BCUT2D eigenvalue weighted by atomic mass is 9.39. The Morgan fingerprint density at radius 1 is 0.964 bits per heavy atom. The minimum atomic E-state index is -1.29. The van der Waals surface area contributed by atoms with Crippen molar-refractivity contribution in [2.45, 2.75) is 191 Å². The van der Waals surface area contributed by atoms with Crippen molar-refractivity contribution in [1.29, 1.82) is 0 Å². The minimum Gasteiger partial charge on any atom is -0.396 e. The van der Waals surface area contributed by atoms with E-state index in [9.17, 15) is 25.2 Å². The van der Waals surface area contributed by atoms with Crippen LogP contribution in [-0.4, -0.2) is 87.2 Å². The van der Waals surface area contributed by atoms with E-state index in [0.717, 1.165) is 108 Å². The summed E-state index contributed by atoms with van der Waals surface area (Å²) in [5.74, 6) is 1.73. The molecule has 9 rings (SSSR count). The molecule has 3 saturated heterocycles. The first-order chi connectivity index (χ1) is 26.2. The first-order valence-corrected chi connectivity index (χ1v) is 23.1. The minimum absolute atomic E-state index is 0.00310. The van der Waals surface area contributed by atoms with Gasteiger partial charge in [0.05, 0.1) is 30.5 Å². The molecule has 9 aliphatic rings. The Balaban J connectivity index is 1.06. The molecule has 9 heteroatoms. The molecule has 0 amide bonds. The van der Waals surface area contributed by atoms with Crippen molar-refractivity contribution in [3.63, 3.8) is 0 Å². The van der Waals surface area contributed by atoms with E-state index in [1.165, 1.54) is 19.3 Å². The van der Waals surface area contributed by atoms with Gasteiger partial charge in [-0.25, -0.2) is 0 Å². The quantitative estimate of drug-likeness (QED) is 0.181. The van der Waals surface area contributed by atoms with E-state index in [1.807, 2.05) is 13.8 Å². The van der Waals surface area contributed by atoms with Crippen LogP contribution in [0.2, 0.25) is 0 Å². The van der Waals surface area contributed by atoms with Crippen molar-refractivity contribution in [2.24, 2.45) is 63.4 Å². The Bertz CT molecular complexity index is 1530. The van der Waals surface area contributed by atoms with Gasteiger partial charge in [-0.3, -0.25) is 10.5 Å². The van der Waals surface area contributed by atoms with Gasteiger partial charge in [0.2, 0.25) is 0 Å². The average molecular weight is 768 g/mol. The monoisotopic (exact) mass is 768 g/mol. The van der Waals surface area contributed by atoms with Crippen LogP contribution in [0.25, 0.3) is 0 Å². The molecule has 55 heavy (non-hydrogen) atoms. The van der Waals surface area contributed by atoms with E-state index in [4.69, 9.17) is 15.2 Å². The summed E-state index contributed by atoms with van der Waals surface area (Å²) in [4.78, 5) is 15.0. The molecule has 3 heterocycles. The predicted octanol–water partition coefficient (Wildman–Crippen LogP) is 4.91. The molecule has 0 aromatic rings. The SMILES string of the molecule is CC1CCOC(C2OC2C(C)(O)C(C)(CO)CCC2CC[NH2+]C(N)C2)(C2CC3CCC4=C5C(CCC2(C)C53O)C2(C3CCCCC3)CCC(O)CC2C4=O)C1. The number of piperidine rings is 1. The number of fused-ring (bicyclic) bond motifs is 2. The number of Topliss-reactive ketones (excluding diaryl/α,β-unsaturated/α-hetero) is 1. The van der Waals surface area contributed by atoms with Crippen LogP contribution in [0, 0.1) is 57.7 Å². The highest BCUT2D eigenvalue weighted by Crippen LogP contribution is 2.76. The van der Waals surface area contributed by atoms with Gasteiger partial charge in [-0.1, -0.05) is 40.0 Å². The van der Waals surface area contributed by atoms with Gasteiger partial charge in [0.15, 0.2) is 5.78 Å². The Hall–Kier alpha value is -0.910. The zero-order valence-electron chi connectivity index (χ0n) is 34.6. The van der Waals surface area contributed by atoms with E-state index in [2.05, 4.69) is 19.2 Å². The maximum atomic E-state index is 15.0. The molecule has 6 aliphatic carbocycles. The second kappa shape index (κ2) is 13.8. The smallest absolute Gasteiger partial charge is 0.162 e. The van der Waals surface area contributed by atoms with E-state index >= 15 is 0 Å². The van der Waals surface area contributed by atoms with Gasteiger partial charge < -0.3 is 35.2 Å². The molecular weight excluding hydrogens is 693 g/mol. The van der Waals surface area contributed by atoms with Gasteiger partial charge in [0.1, 0.15) is 24.0 Å². The number of hydrogen-bond donors (Lipinski definition) is 6. The molecule has 7 fully saturated rings. The molecule has 0 spiro atoms. The van der Waals surface area contributed by atoms with Gasteiger partial charge in [-0.2, -0.15) is 0 Å². The molecule has 16 atom stereocenters. The van der Waals surface area contributed by atoms with Gasteiger partial charge in [-0.05, 0) is 155 Å². The number of hydrogen-bond acceptors (Lipinski definition) is 8. The summed E-state index contributed by atoms with van der Waals surface area (Å²) in [6.07, 6.45) is 16.8. The number of aliphatic hydroxyl groups excluding tert-OH is 2. The van der Waals surface area contributed by atoms with Gasteiger partial charge in [0.25, 0.3) is 0 Å². The number of aliphatic hydroxyl groups is 4. The fraction of sp³-hybridized carbons (Fsp3) is 0.935. The molecule has 16 unspecified atom stereocenters. The number of carbonyl (C=O) groups is 1. The van der Waals surface area contributed by atoms with Crippen molar-refractivity contribution in [2.75, 3.05) is 19.8 Å². The Morgan fingerprint density at radius 3 is 2.47 bits per heavy atom. The van der Waals surface area contributed by atoms with Crippen molar-refractivity contribution in [3.8, 4) is 0 Å². The molecule has 3 aliphatic heterocycles. The summed E-state index contributed by atoms with van der Waals surface area (Å²) in [7, 11) is 0. The van der Waals surface area contributed by atoms with Gasteiger partial charge in [0, 0.05) is 29.8 Å². The molecule has 0 bridgehead atoms. The van der Waals surface area contributed by atoms with E-state index in [0.29, 0.717) is 37.2 Å². The number of carbonyl (C=O) groups excluding carboxylic acids is 1. The summed E-state index contributed by atoms with van der Waals surface area (Å²) in [5.41, 5.74) is 3.85. The van der Waals surface area contributed by atoms with Crippen LogP contribution in [-0.2, 0) is 14.3 Å². The number of allylic oxidation sites excluding steroid dienone is 1. The fourth-order valence-electron chi connectivity index (χ4n) is 16.0. The Labute approximate surface area is 330 Å². The molecule has 9 nitrogen and oxygen atoms in total. The van der Waals surface area contributed by atoms with Crippen LogP contribution in [0.4, 0.5) is 0 Å². The molecule has 8 N–H and O–H groups in total. The average Bonchev–Trinajstić information content (AvgIpc) is 3.96. The lowest BCUT2D eigenvalue weighted by molar-refractivity contribution is -0.699. The summed E-state index contributed by atoms with van der Waals surface area (Å²) < 4.78 is 14.0. The highest BCUT2D eigenvalue weighted by Gasteiger charge is 2.78. The number of quaternary nitrogens is 1. The Morgan fingerprint density at radius 2 is 1.75 bits per heavy atom. The Kier molecular flexibility index (Phi) is 9.94. The number of nitrogens with two attached hydrogens (primary N) is 2. The highest BCUT2D eigenvalue weighted by molar-refractivity contribution is 6.00. The zero-order chi connectivity index (χ0) is 38.8. The van der Waals surface area contributed by atoms with Gasteiger partial charge >= 0.3 is 0 Å². The molecule has 4 saturated carbocycles. The third-order valence-corrected chi connectivity index (χ3v) is 19.3. The highest BCUT2D eigenvalue weighted by atomic mass is 16.6. The first kappa shape index (κ1) is 39.5. The number of rotatable bonds is 9. The van der Waals surface area contributed by atoms with Crippen molar-refractivity contribution in [1.82, 2.24) is 0 Å². The van der Waals surface area contributed by atoms with Gasteiger partial charge in [-0.15, -0.1) is 0 Å². The second-order valence-corrected chi connectivity index (χ2v) is 21.8. The third kappa shape index (κ3) is 5.62. The standard InChI is InChI=1S/C46H74N2O7/c1-27-16-21-54-45(25-27,40-39(55-40)43(4,52)41(2,26-49)17-12-28-15-20-48-36(47)22-28)35-23-30-10-11-32-37-33(14-18-42(35,3)46(30,37)53)44(29-8-6-5-7-9-29)19-13-31(50)24-34(44)38(32)51/h27-31,33-36,39-40,48-50,52-53H,5-26,47H2,1-4H3/p+1. The summed E-state index contributed by atoms with van der Waals surface area (Å²) in [6, 6.07) is 0. The van der Waals surface area contributed by atoms with Crippen LogP contribution < -0.4 is 11.1 Å². The second-order valence-electron chi connectivity index (χ2n) is 21.8. The topological polar surface area (TPSA) is 162 Å². The molecule has 0 aromatic heterocycles. The van der Waals surface area contributed by atoms with Crippen LogP contribution in [0.1, 0.15) is 150 Å². The third-order valence-electron chi connectivity index (χ3n) is 19.3. The summed E-state index contributed by atoms with van der Waals surface area (Å²) >= 11 is 0. The van der Waals surface area contributed by atoms with Crippen molar-refractivity contribution < 1.29 is 40.0 Å². The molecular formula is C46H75N2O7+. The lowest BCUT2D eigenvalue weighted by Crippen LogP contribution is -2.94. The zero-order valence-corrected chi connectivity index (χ0v) is 34.6. The molecule has 0 radical (unpaired) electrons. The summed E-state index contributed by atoms with van der Waals surface area (Å²) in [6.45, 7) is 10.1. The fourth-order valence-corrected chi connectivity index (χ4v) is 16.0. The van der Waals surface area contributed by atoms with Crippen LogP contribution in [0.15, 0.2) is 11.1 Å². The number of ketones is 1. The number of ether oxygens (including phenoxy) is 2. The first-order valence-electron chi connectivity index (χ1n) is 23.1. The van der Waals surface area contributed by atoms with Crippen molar-refractivity contribution >= 4 is 5.78 Å². The number of epoxide rings is 1. The molecule has 0 aromatic carbocycles. The molecule has 310 valence electrons. The normalized spacial score (nSPS) is 50.8. The maximum Gasteiger partial charge on any atom is 0.162 e.